The number of rotatable bonds is 3. The van der Waals surface area contributed by atoms with Crippen LogP contribution in [0.1, 0.15) is 17.8 Å². The molecule has 0 saturated carbocycles. The third-order valence-electron chi connectivity index (χ3n) is 4.76. The van der Waals surface area contributed by atoms with Crippen LogP contribution in [0.3, 0.4) is 0 Å². The van der Waals surface area contributed by atoms with Gasteiger partial charge >= 0.3 is 6.03 Å². The smallest absolute Gasteiger partial charge is 0.316 e. The largest absolute Gasteiger partial charge is 0.367 e. The molecule has 1 fully saturated rings. The number of amides is 3. The number of primary amides is 2. The van der Waals surface area contributed by atoms with Crippen LogP contribution in [0.25, 0.3) is 21.5 Å². The van der Waals surface area contributed by atoms with E-state index in [1.807, 2.05) is 36.4 Å². The highest BCUT2D eigenvalue weighted by atomic mass is 32.1. The van der Waals surface area contributed by atoms with E-state index in [4.69, 9.17) is 11.5 Å². The Balaban J connectivity index is 1.93. The highest BCUT2D eigenvalue weighted by Crippen LogP contribution is 2.43. The molecule has 3 heterocycles. The van der Waals surface area contributed by atoms with Gasteiger partial charge < -0.3 is 16.4 Å². The summed E-state index contributed by atoms with van der Waals surface area (Å²) in [5.74, 6) is -0.604. The van der Waals surface area contributed by atoms with Gasteiger partial charge in [-0.3, -0.25) is 9.78 Å². The van der Waals surface area contributed by atoms with Crippen LogP contribution in [0, 0.1) is 0 Å². The summed E-state index contributed by atoms with van der Waals surface area (Å²) < 4.78 is 0.901. The van der Waals surface area contributed by atoms with Crippen LogP contribution < -0.4 is 11.5 Å². The Morgan fingerprint density at radius 3 is 2.69 bits per heavy atom. The number of likely N-dealkylation sites (tertiary alicyclic amines) is 1. The van der Waals surface area contributed by atoms with E-state index >= 15 is 0 Å². The van der Waals surface area contributed by atoms with Gasteiger partial charge in [0.15, 0.2) is 5.54 Å². The molecule has 1 aliphatic rings. The predicted octanol–water partition coefficient (Wildman–Crippen LogP) is 2.21. The van der Waals surface area contributed by atoms with E-state index in [-0.39, 0.29) is 0 Å². The van der Waals surface area contributed by atoms with Gasteiger partial charge in [0.05, 0.1) is 15.9 Å². The summed E-state index contributed by atoms with van der Waals surface area (Å²) in [6.45, 7) is 0.390. The van der Waals surface area contributed by atoms with Crippen molar-refractivity contribution in [3.63, 3.8) is 0 Å². The molecule has 0 radical (unpaired) electrons. The van der Waals surface area contributed by atoms with Crippen molar-refractivity contribution in [3.05, 3.63) is 47.6 Å². The lowest BCUT2D eigenvalue weighted by atomic mass is 9.96. The molecule has 1 saturated heterocycles. The van der Waals surface area contributed by atoms with Crippen LogP contribution in [0.15, 0.2) is 42.6 Å². The summed E-state index contributed by atoms with van der Waals surface area (Å²) in [4.78, 5) is 34.7. The lowest BCUT2D eigenvalue weighted by molar-refractivity contribution is -0.127. The van der Waals surface area contributed by atoms with E-state index in [9.17, 15) is 9.59 Å². The first-order chi connectivity index (χ1) is 12.5. The van der Waals surface area contributed by atoms with E-state index in [0.29, 0.717) is 24.4 Å². The maximum Gasteiger partial charge on any atom is 0.316 e. The van der Waals surface area contributed by atoms with E-state index in [0.717, 1.165) is 21.5 Å². The molecule has 26 heavy (non-hydrogen) atoms. The van der Waals surface area contributed by atoms with Crippen LogP contribution in [0.4, 0.5) is 4.79 Å². The Labute approximate surface area is 153 Å². The van der Waals surface area contributed by atoms with Crippen molar-refractivity contribution in [3.8, 4) is 11.3 Å². The molecule has 1 aliphatic heterocycles. The van der Waals surface area contributed by atoms with Crippen LogP contribution in [-0.2, 0) is 10.3 Å². The second kappa shape index (κ2) is 6.06. The highest BCUT2D eigenvalue weighted by Gasteiger charge is 2.52. The normalized spacial score (nSPS) is 19.8. The Morgan fingerprint density at radius 2 is 2.00 bits per heavy atom. The Hall–Kier alpha value is -3.00. The number of urea groups is 1. The average molecular weight is 367 g/mol. The zero-order valence-corrected chi connectivity index (χ0v) is 14.7. The number of hydrogen-bond acceptors (Lipinski definition) is 5. The number of hydrogen-bond donors (Lipinski definition) is 2. The SMILES string of the molecule is NC(=O)N1CCCC1(C(N)=O)c1nc2cccc(-c3ccccn3)c2s1. The number of aromatic nitrogens is 2. The molecule has 4 N–H and O–H groups in total. The zero-order valence-electron chi connectivity index (χ0n) is 13.9. The molecule has 0 bridgehead atoms. The molecule has 7 nitrogen and oxygen atoms in total. The maximum absolute atomic E-state index is 12.4. The molecule has 4 rings (SSSR count). The van der Waals surface area contributed by atoms with Gasteiger partial charge in [-0.1, -0.05) is 18.2 Å². The molecule has 0 aliphatic carbocycles. The minimum Gasteiger partial charge on any atom is -0.367 e. The van der Waals surface area contributed by atoms with Gasteiger partial charge in [0.25, 0.3) is 5.91 Å². The lowest BCUT2D eigenvalue weighted by Crippen LogP contribution is -2.55. The van der Waals surface area contributed by atoms with Crippen molar-refractivity contribution >= 4 is 33.5 Å². The number of carbonyl (C=O) groups excluding carboxylic acids is 2. The molecule has 0 spiro atoms. The van der Waals surface area contributed by atoms with Crippen molar-refractivity contribution in [1.82, 2.24) is 14.9 Å². The quantitative estimate of drug-likeness (QED) is 0.738. The summed E-state index contributed by atoms with van der Waals surface area (Å²) >= 11 is 1.36. The number of carbonyl (C=O) groups is 2. The van der Waals surface area contributed by atoms with E-state index in [2.05, 4.69) is 9.97 Å². The molecule has 1 atom stereocenters. The Kier molecular flexibility index (Phi) is 3.84. The Morgan fingerprint density at radius 1 is 1.15 bits per heavy atom. The Bertz CT molecular complexity index is 1000. The minimum absolute atomic E-state index is 0.390. The summed E-state index contributed by atoms with van der Waals surface area (Å²) in [7, 11) is 0. The molecule has 2 aromatic heterocycles. The minimum atomic E-state index is -1.28. The monoisotopic (exact) mass is 367 g/mol. The van der Waals surface area contributed by atoms with Crippen LogP contribution in [0.2, 0.25) is 0 Å². The van der Waals surface area contributed by atoms with Crippen molar-refractivity contribution in [1.29, 1.82) is 0 Å². The van der Waals surface area contributed by atoms with Crippen molar-refractivity contribution in [2.45, 2.75) is 18.4 Å². The summed E-state index contributed by atoms with van der Waals surface area (Å²) in [5, 5.41) is 0.500. The third kappa shape index (κ3) is 2.33. The van der Waals surface area contributed by atoms with Gasteiger partial charge in [-0.2, -0.15) is 0 Å². The van der Waals surface area contributed by atoms with Crippen molar-refractivity contribution in [2.24, 2.45) is 11.5 Å². The fourth-order valence-corrected chi connectivity index (χ4v) is 4.87. The second-order valence-corrected chi connectivity index (χ2v) is 7.20. The van der Waals surface area contributed by atoms with Gasteiger partial charge in [0, 0.05) is 18.3 Å². The number of pyridine rings is 1. The van der Waals surface area contributed by atoms with E-state index in [1.165, 1.54) is 16.2 Å². The number of nitrogens with zero attached hydrogens (tertiary/aromatic N) is 3. The number of nitrogens with two attached hydrogens (primary N) is 2. The maximum atomic E-state index is 12.4. The van der Waals surface area contributed by atoms with Gasteiger partial charge in [-0.15, -0.1) is 11.3 Å². The first-order valence-corrected chi connectivity index (χ1v) is 9.04. The molecule has 3 aromatic rings. The topological polar surface area (TPSA) is 115 Å². The lowest BCUT2D eigenvalue weighted by Gasteiger charge is -2.32. The van der Waals surface area contributed by atoms with Crippen molar-refractivity contribution in [2.75, 3.05) is 6.54 Å². The van der Waals surface area contributed by atoms with Crippen LogP contribution in [0.5, 0.6) is 0 Å². The highest BCUT2D eigenvalue weighted by molar-refractivity contribution is 7.19. The van der Waals surface area contributed by atoms with Gasteiger partial charge in [0.2, 0.25) is 0 Å². The standard InChI is InChI=1S/C18H17N5O2S/c19-15(24)18(8-4-10-23(18)17(20)25)16-22-13-7-3-5-11(14(13)26-16)12-6-1-2-9-21-12/h1-3,5-7,9H,4,8,10H2,(H2,19,24)(H2,20,25). The van der Waals surface area contributed by atoms with E-state index in [1.54, 1.807) is 6.20 Å². The molecular formula is C18H17N5O2S. The number of thiazole rings is 1. The molecule has 132 valence electrons. The average Bonchev–Trinajstić information content (AvgIpc) is 3.27. The van der Waals surface area contributed by atoms with Crippen LogP contribution in [-0.4, -0.2) is 33.4 Å². The molecular weight excluding hydrogens is 350 g/mol. The van der Waals surface area contributed by atoms with Crippen LogP contribution >= 0.6 is 11.3 Å². The van der Waals surface area contributed by atoms with Gasteiger partial charge in [-0.05, 0) is 31.0 Å². The molecule has 1 aromatic carbocycles. The van der Waals surface area contributed by atoms with Gasteiger partial charge in [0.1, 0.15) is 5.01 Å². The summed E-state index contributed by atoms with van der Waals surface area (Å²) in [6.07, 6.45) is 2.80. The molecule has 1 unspecified atom stereocenters. The fourth-order valence-electron chi connectivity index (χ4n) is 3.55. The van der Waals surface area contributed by atoms with Gasteiger partial charge in [-0.25, -0.2) is 9.78 Å². The molecule has 8 heteroatoms. The number of benzene rings is 1. The first kappa shape index (κ1) is 16.5. The fraction of sp³-hybridized carbons (Fsp3) is 0.222. The summed E-state index contributed by atoms with van der Waals surface area (Å²) in [5.41, 5.74) is 12.4. The zero-order chi connectivity index (χ0) is 18.3. The first-order valence-electron chi connectivity index (χ1n) is 8.22. The predicted molar refractivity (Wildman–Crippen MR) is 99.2 cm³/mol. The summed E-state index contributed by atoms with van der Waals surface area (Å²) in [6, 6.07) is 10.8. The van der Waals surface area contributed by atoms with Crippen molar-refractivity contribution < 1.29 is 9.59 Å². The molecule has 3 amide bonds. The second-order valence-electron chi connectivity index (χ2n) is 6.21. The third-order valence-corrected chi connectivity index (χ3v) is 6.02. The number of fused-ring (bicyclic) bond motifs is 1. The van der Waals surface area contributed by atoms with E-state index < -0.39 is 17.5 Å².